The number of fused-ring (bicyclic) bond motifs is 1. The zero-order valence-electron chi connectivity index (χ0n) is 20.8. The maximum Gasteiger partial charge on any atom is 0.274 e. The van der Waals surface area contributed by atoms with Crippen LogP contribution in [0, 0.1) is 0 Å². The van der Waals surface area contributed by atoms with E-state index in [4.69, 9.17) is 26.8 Å². The number of pyridine rings is 2. The number of rotatable bonds is 7. The quantitative estimate of drug-likeness (QED) is 0.338. The second-order valence-corrected chi connectivity index (χ2v) is 9.85. The van der Waals surface area contributed by atoms with Crippen LogP contribution in [0.1, 0.15) is 48.9 Å². The highest BCUT2D eigenvalue weighted by atomic mass is 35.5. The van der Waals surface area contributed by atoms with E-state index in [-0.39, 0.29) is 23.1 Å². The van der Waals surface area contributed by atoms with Crippen molar-refractivity contribution in [2.75, 3.05) is 18.5 Å². The molecular weight excluding hydrogens is 508 g/mol. The zero-order chi connectivity index (χ0) is 26.2. The molecule has 5 heterocycles. The van der Waals surface area contributed by atoms with E-state index < -0.39 is 0 Å². The molecule has 2 fully saturated rings. The normalized spacial score (nSPS) is 16.6. The minimum absolute atomic E-state index is 0.0851. The van der Waals surface area contributed by atoms with E-state index >= 15 is 0 Å². The minimum Gasteiger partial charge on any atom is -0.450 e. The number of aryl methyl sites for hydroxylation is 1. The first-order valence-corrected chi connectivity index (χ1v) is 12.9. The molecule has 1 aliphatic carbocycles. The molecule has 0 bridgehead atoms. The fourth-order valence-electron chi connectivity index (χ4n) is 4.72. The molecule has 1 saturated heterocycles. The maximum absolute atomic E-state index is 13.5. The molecule has 2 aliphatic rings. The first-order valence-electron chi connectivity index (χ1n) is 12.5. The fourth-order valence-corrected chi connectivity index (χ4v) is 5.02. The number of hydrogen-bond acceptors (Lipinski definition) is 9. The monoisotopic (exact) mass is 534 g/mol. The molecule has 3 N–H and O–H groups in total. The number of halogens is 1. The number of nitrogens with two attached hydrogens (primary N) is 1. The molecule has 38 heavy (non-hydrogen) atoms. The number of ether oxygens (including phenoxy) is 2. The van der Waals surface area contributed by atoms with E-state index in [0.29, 0.717) is 52.6 Å². The van der Waals surface area contributed by atoms with Gasteiger partial charge in [0.15, 0.2) is 17.2 Å². The van der Waals surface area contributed by atoms with E-state index in [1.807, 2.05) is 16.8 Å². The summed E-state index contributed by atoms with van der Waals surface area (Å²) in [5.74, 6) is 1.50. The average molecular weight is 535 g/mol. The van der Waals surface area contributed by atoms with Gasteiger partial charge in [0.2, 0.25) is 5.95 Å². The van der Waals surface area contributed by atoms with Gasteiger partial charge in [-0.1, -0.05) is 11.6 Å². The second kappa shape index (κ2) is 10.1. The standard InChI is InChI=1S/C26H27ClN8O3/c1-34-23-22(27)21(38-20(11-28)19-12-29-6-7-30-19)13-31-24(23)33-26(34)32-18-10-16(15-2-3-15)14-35(25(18)36)17-4-8-37-9-5-17/h6-7,10-15,17H,2-5,8-9,28H2,1H3,(H,31,32,33). The first-order chi connectivity index (χ1) is 18.5. The number of aromatic nitrogens is 6. The summed E-state index contributed by atoms with van der Waals surface area (Å²) in [5, 5.41) is 3.55. The topological polar surface area (TPSA) is 135 Å². The molecule has 1 saturated carbocycles. The number of anilines is 2. The summed E-state index contributed by atoms with van der Waals surface area (Å²) in [5.41, 5.74) is 8.73. The largest absolute Gasteiger partial charge is 0.450 e. The summed E-state index contributed by atoms with van der Waals surface area (Å²) in [6.07, 6.45) is 13.3. The van der Waals surface area contributed by atoms with Crippen molar-refractivity contribution in [3.8, 4) is 5.75 Å². The lowest BCUT2D eigenvalue weighted by atomic mass is 10.1. The van der Waals surface area contributed by atoms with Crippen LogP contribution in [0.15, 0.2) is 48.0 Å². The molecular formula is C26H27ClN8O3. The SMILES string of the molecule is Cn1c(Nc2cc(C3CC3)cn(C3CCOCC3)c2=O)nc2ncc(OC(=CN)c3cnccn3)c(Cl)c21. The lowest BCUT2D eigenvalue weighted by Gasteiger charge is -2.25. The molecule has 0 aromatic carbocycles. The van der Waals surface area contributed by atoms with Gasteiger partial charge in [0.1, 0.15) is 21.9 Å². The summed E-state index contributed by atoms with van der Waals surface area (Å²) in [6.45, 7) is 1.31. The molecule has 11 nitrogen and oxygen atoms in total. The van der Waals surface area contributed by atoms with E-state index in [9.17, 15) is 4.79 Å². The predicted molar refractivity (Wildman–Crippen MR) is 143 cm³/mol. The molecule has 1 aliphatic heterocycles. The highest BCUT2D eigenvalue weighted by Crippen LogP contribution is 2.41. The van der Waals surface area contributed by atoms with Crippen molar-refractivity contribution in [3.63, 3.8) is 0 Å². The fraction of sp³-hybridized carbons (Fsp3) is 0.346. The van der Waals surface area contributed by atoms with Crippen LogP contribution in [0.2, 0.25) is 5.02 Å². The van der Waals surface area contributed by atoms with Crippen LogP contribution in [0.5, 0.6) is 5.75 Å². The molecule has 0 amide bonds. The molecule has 4 aromatic rings. The Morgan fingerprint density at radius 2 is 2.03 bits per heavy atom. The van der Waals surface area contributed by atoms with Crippen LogP contribution in [0.4, 0.5) is 11.6 Å². The van der Waals surface area contributed by atoms with Gasteiger partial charge in [0.25, 0.3) is 5.56 Å². The number of nitrogens with zero attached hydrogens (tertiary/aromatic N) is 6. The van der Waals surface area contributed by atoms with Gasteiger partial charge in [-0.05, 0) is 43.2 Å². The van der Waals surface area contributed by atoms with Gasteiger partial charge in [-0.25, -0.2) is 9.97 Å². The van der Waals surface area contributed by atoms with Crippen molar-refractivity contribution in [2.45, 2.75) is 37.6 Å². The van der Waals surface area contributed by atoms with Gasteiger partial charge in [0, 0.05) is 51.1 Å². The Morgan fingerprint density at radius 3 is 2.74 bits per heavy atom. The summed E-state index contributed by atoms with van der Waals surface area (Å²) in [6, 6.07) is 2.06. The smallest absolute Gasteiger partial charge is 0.274 e. The van der Waals surface area contributed by atoms with Crippen LogP contribution in [0.25, 0.3) is 16.9 Å². The second-order valence-electron chi connectivity index (χ2n) is 9.47. The highest BCUT2D eigenvalue weighted by Gasteiger charge is 2.28. The van der Waals surface area contributed by atoms with Crippen LogP contribution >= 0.6 is 11.6 Å². The van der Waals surface area contributed by atoms with Gasteiger partial charge in [-0.2, -0.15) is 4.98 Å². The van der Waals surface area contributed by atoms with Crippen molar-refractivity contribution in [1.29, 1.82) is 0 Å². The molecule has 0 spiro atoms. The van der Waals surface area contributed by atoms with Crippen LogP contribution in [-0.4, -0.2) is 42.3 Å². The third-order valence-electron chi connectivity index (χ3n) is 6.94. The van der Waals surface area contributed by atoms with Crippen molar-refractivity contribution in [1.82, 2.24) is 29.1 Å². The highest BCUT2D eigenvalue weighted by molar-refractivity contribution is 6.36. The number of hydrogen-bond donors (Lipinski definition) is 2. The Balaban J connectivity index is 1.35. The molecule has 0 radical (unpaired) electrons. The Labute approximate surface area is 223 Å². The Hall–Kier alpha value is -3.96. The zero-order valence-corrected chi connectivity index (χ0v) is 21.6. The van der Waals surface area contributed by atoms with E-state index in [1.165, 1.54) is 18.6 Å². The van der Waals surface area contributed by atoms with E-state index in [0.717, 1.165) is 31.2 Å². The first kappa shape index (κ1) is 24.4. The van der Waals surface area contributed by atoms with Gasteiger partial charge < -0.3 is 29.7 Å². The molecule has 12 heteroatoms. The van der Waals surface area contributed by atoms with Crippen LogP contribution in [0.3, 0.4) is 0 Å². The lowest BCUT2D eigenvalue weighted by molar-refractivity contribution is 0.0686. The molecule has 4 aromatic heterocycles. The van der Waals surface area contributed by atoms with Crippen LogP contribution < -0.4 is 21.3 Å². The maximum atomic E-state index is 13.5. The number of imidazole rings is 1. The van der Waals surface area contributed by atoms with Crippen molar-refractivity contribution in [2.24, 2.45) is 12.8 Å². The van der Waals surface area contributed by atoms with Crippen molar-refractivity contribution in [3.05, 3.63) is 69.9 Å². The molecule has 0 unspecified atom stereocenters. The molecule has 196 valence electrons. The number of nitrogens with one attached hydrogen (secondary N) is 1. The summed E-state index contributed by atoms with van der Waals surface area (Å²) >= 11 is 6.75. The third kappa shape index (κ3) is 4.59. The third-order valence-corrected chi connectivity index (χ3v) is 7.30. The van der Waals surface area contributed by atoms with Gasteiger partial charge in [-0.3, -0.25) is 9.78 Å². The van der Waals surface area contributed by atoms with E-state index in [2.05, 4.69) is 25.3 Å². The average Bonchev–Trinajstić information content (AvgIpc) is 3.75. The van der Waals surface area contributed by atoms with Gasteiger partial charge in [-0.15, -0.1) is 0 Å². The Kier molecular flexibility index (Phi) is 6.46. The minimum atomic E-state index is -0.0851. The molecule has 6 rings (SSSR count). The van der Waals surface area contributed by atoms with Gasteiger partial charge in [0.05, 0.1) is 12.4 Å². The summed E-state index contributed by atoms with van der Waals surface area (Å²) < 4.78 is 15.1. The van der Waals surface area contributed by atoms with Crippen molar-refractivity contribution >= 4 is 40.2 Å². The summed E-state index contributed by atoms with van der Waals surface area (Å²) in [7, 11) is 1.80. The van der Waals surface area contributed by atoms with Crippen LogP contribution in [-0.2, 0) is 11.8 Å². The van der Waals surface area contributed by atoms with Gasteiger partial charge >= 0.3 is 0 Å². The van der Waals surface area contributed by atoms with Crippen molar-refractivity contribution < 1.29 is 9.47 Å². The van der Waals surface area contributed by atoms with E-state index in [1.54, 1.807) is 24.0 Å². The Bertz CT molecular complexity index is 1570. The lowest BCUT2D eigenvalue weighted by Crippen LogP contribution is -2.30. The summed E-state index contributed by atoms with van der Waals surface area (Å²) in [4.78, 5) is 30.8. The molecule has 0 atom stereocenters. The Morgan fingerprint density at radius 1 is 1.21 bits per heavy atom. The predicted octanol–water partition coefficient (Wildman–Crippen LogP) is 3.88.